The third kappa shape index (κ3) is 5.93. The van der Waals surface area contributed by atoms with Gasteiger partial charge in [-0.3, -0.25) is 10.6 Å². The number of rotatable bonds is 3. The third-order valence-corrected chi connectivity index (χ3v) is 3.06. The number of hydrogen-bond acceptors (Lipinski definition) is 5. The number of amides is 2. The van der Waals surface area contributed by atoms with Crippen molar-refractivity contribution in [2.24, 2.45) is 5.73 Å². The summed E-state index contributed by atoms with van der Waals surface area (Å²) in [6, 6.07) is 4.43. The Labute approximate surface area is 130 Å². The zero-order valence-electron chi connectivity index (χ0n) is 12.3. The first-order chi connectivity index (χ1) is 10.7. The summed E-state index contributed by atoms with van der Waals surface area (Å²) in [5.74, 6) is -0.362. The van der Waals surface area contributed by atoms with Crippen molar-refractivity contribution in [1.82, 2.24) is 16.0 Å². The van der Waals surface area contributed by atoms with Gasteiger partial charge < -0.3 is 21.1 Å². The van der Waals surface area contributed by atoms with Crippen LogP contribution in [0.5, 0.6) is 5.75 Å². The fourth-order valence-electron chi connectivity index (χ4n) is 2.19. The average Bonchev–Trinajstić information content (AvgIpc) is 2.38. The van der Waals surface area contributed by atoms with Crippen LogP contribution in [-0.4, -0.2) is 30.9 Å². The SMILES string of the molecule is CC1CC(N)NC(NC(=O)Nc2ccc(OC(F)(F)F)cc2)N1. The molecule has 1 saturated heterocycles. The molecule has 3 atom stereocenters. The second-order valence-corrected chi connectivity index (χ2v) is 5.18. The smallest absolute Gasteiger partial charge is 0.406 e. The average molecular weight is 333 g/mol. The number of carbonyl (C=O) groups is 1. The van der Waals surface area contributed by atoms with Crippen LogP contribution in [0.2, 0.25) is 0 Å². The first-order valence-electron chi connectivity index (χ1n) is 6.92. The van der Waals surface area contributed by atoms with E-state index in [4.69, 9.17) is 5.73 Å². The molecule has 0 aliphatic carbocycles. The summed E-state index contributed by atoms with van der Waals surface area (Å²) in [5.41, 5.74) is 6.11. The lowest BCUT2D eigenvalue weighted by atomic mass is 10.1. The van der Waals surface area contributed by atoms with E-state index in [9.17, 15) is 18.0 Å². The molecule has 23 heavy (non-hydrogen) atoms. The van der Waals surface area contributed by atoms with Gasteiger partial charge in [-0.2, -0.15) is 0 Å². The maximum Gasteiger partial charge on any atom is 0.573 e. The molecule has 0 saturated carbocycles. The molecule has 128 valence electrons. The van der Waals surface area contributed by atoms with Crippen molar-refractivity contribution in [3.05, 3.63) is 24.3 Å². The summed E-state index contributed by atoms with van der Waals surface area (Å²) in [6.45, 7) is 1.94. The number of benzene rings is 1. The lowest BCUT2D eigenvalue weighted by molar-refractivity contribution is -0.274. The normalized spacial score (nSPS) is 24.8. The molecule has 1 aliphatic rings. The second kappa shape index (κ2) is 7.02. The zero-order valence-corrected chi connectivity index (χ0v) is 12.3. The van der Waals surface area contributed by atoms with Crippen LogP contribution in [-0.2, 0) is 0 Å². The van der Waals surface area contributed by atoms with Crippen molar-refractivity contribution in [3.8, 4) is 5.75 Å². The molecule has 1 aromatic rings. The van der Waals surface area contributed by atoms with E-state index >= 15 is 0 Å². The highest BCUT2D eigenvalue weighted by Gasteiger charge is 2.31. The molecule has 2 amide bonds. The van der Waals surface area contributed by atoms with E-state index in [0.29, 0.717) is 5.69 Å². The van der Waals surface area contributed by atoms with Crippen LogP contribution in [0, 0.1) is 0 Å². The molecule has 7 nitrogen and oxygen atoms in total. The molecule has 0 radical (unpaired) electrons. The zero-order chi connectivity index (χ0) is 17.0. The highest BCUT2D eigenvalue weighted by Crippen LogP contribution is 2.23. The van der Waals surface area contributed by atoms with Crippen molar-refractivity contribution in [2.45, 2.75) is 38.2 Å². The maximum atomic E-state index is 12.0. The maximum absolute atomic E-state index is 12.0. The number of anilines is 1. The van der Waals surface area contributed by atoms with Gasteiger partial charge in [-0.25, -0.2) is 4.79 Å². The van der Waals surface area contributed by atoms with E-state index < -0.39 is 18.7 Å². The Hall–Kier alpha value is -2.04. The van der Waals surface area contributed by atoms with Gasteiger partial charge >= 0.3 is 12.4 Å². The third-order valence-electron chi connectivity index (χ3n) is 3.06. The van der Waals surface area contributed by atoms with Gasteiger partial charge in [-0.1, -0.05) is 0 Å². The first kappa shape index (κ1) is 17.3. The van der Waals surface area contributed by atoms with E-state index in [1.54, 1.807) is 0 Å². The lowest BCUT2D eigenvalue weighted by Gasteiger charge is -2.34. The summed E-state index contributed by atoms with van der Waals surface area (Å²) in [4.78, 5) is 11.9. The van der Waals surface area contributed by atoms with Crippen LogP contribution in [0.3, 0.4) is 0 Å². The minimum atomic E-state index is -4.75. The standard InChI is InChI=1S/C13H18F3N5O2/c1-7-6-10(17)20-11(18-7)21-12(22)19-8-2-4-9(5-3-8)23-13(14,15)16/h2-5,7,10-11,18,20H,6,17H2,1H3,(H2,19,21,22). The minimum absolute atomic E-state index is 0.135. The van der Waals surface area contributed by atoms with Gasteiger partial charge in [0.15, 0.2) is 0 Å². The number of carbonyl (C=O) groups excluding carboxylic acids is 1. The number of alkyl halides is 3. The molecule has 1 heterocycles. The number of nitrogens with two attached hydrogens (primary N) is 1. The van der Waals surface area contributed by atoms with Gasteiger partial charge in [-0.15, -0.1) is 13.2 Å². The summed E-state index contributed by atoms with van der Waals surface area (Å²) >= 11 is 0. The molecule has 6 N–H and O–H groups in total. The molecule has 10 heteroatoms. The Bertz CT molecular complexity index is 527. The van der Waals surface area contributed by atoms with Gasteiger partial charge in [-0.05, 0) is 37.6 Å². The van der Waals surface area contributed by atoms with Crippen molar-refractivity contribution in [3.63, 3.8) is 0 Å². The predicted octanol–water partition coefficient (Wildman–Crippen LogP) is 1.25. The Morgan fingerprint density at radius 2 is 1.96 bits per heavy atom. The van der Waals surface area contributed by atoms with Crippen LogP contribution in [0.4, 0.5) is 23.7 Å². The molecular weight excluding hydrogens is 315 g/mol. The van der Waals surface area contributed by atoms with Crippen LogP contribution in [0.1, 0.15) is 13.3 Å². The fraction of sp³-hybridized carbons (Fsp3) is 0.462. The van der Waals surface area contributed by atoms with Crippen molar-refractivity contribution in [1.29, 1.82) is 0 Å². The van der Waals surface area contributed by atoms with Crippen LogP contribution in [0.15, 0.2) is 24.3 Å². The summed E-state index contributed by atoms with van der Waals surface area (Å²) in [7, 11) is 0. The number of hydrogen-bond donors (Lipinski definition) is 5. The molecular formula is C13H18F3N5O2. The van der Waals surface area contributed by atoms with Crippen molar-refractivity contribution >= 4 is 11.7 Å². The Morgan fingerprint density at radius 3 is 2.52 bits per heavy atom. The van der Waals surface area contributed by atoms with Crippen molar-refractivity contribution in [2.75, 3.05) is 5.32 Å². The predicted molar refractivity (Wildman–Crippen MR) is 77.4 cm³/mol. The van der Waals surface area contributed by atoms with Gasteiger partial charge in [0.25, 0.3) is 0 Å². The molecule has 1 aliphatic heterocycles. The molecule has 2 rings (SSSR count). The Balaban J connectivity index is 1.85. The molecule has 0 spiro atoms. The summed E-state index contributed by atoms with van der Waals surface area (Å²) < 4.78 is 39.9. The number of halogens is 3. The molecule has 0 bridgehead atoms. The Kier molecular flexibility index (Phi) is 5.29. The molecule has 3 unspecified atom stereocenters. The molecule has 1 aromatic carbocycles. The summed E-state index contributed by atoms with van der Waals surface area (Å²) in [5, 5.41) is 11.2. The monoisotopic (exact) mass is 333 g/mol. The van der Waals surface area contributed by atoms with Gasteiger partial charge in [0.1, 0.15) is 12.0 Å². The highest BCUT2D eigenvalue weighted by atomic mass is 19.4. The van der Waals surface area contributed by atoms with Gasteiger partial charge in [0.2, 0.25) is 0 Å². The molecule has 0 aromatic heterocycles. The fourth-order valence-corrected chi connectivity index (χ4v) is 2.19. The van der Waals surface area contributed by atoms with Gasteiger partial charge in [0.05, 0.1) is 6.17 Å². The topological polar surface area (TPSA) is 100 Å². The van der Waals surface area contributed by atoms with E-state index in [-0.39, 0.29) is 18.0 Å². The van der Waals surface area contributed by atoms with E-state index in [2.05, 4.69) is 26.0 Å². The minimum Gasteiger partial charge on any atom is -0.406 e. The number of ether oxygens (including phenoxy) is 1. The van der Waals surface area contributed by atoms with E-state index in [1.807, 2.05) is 6.92 Å². The number of urea groups is 1. The van der Waals surface area contributed by atoms with Crippen LogP contribution < -0.4 is 31.7 Å². The van der Waals surface area contributed by atoms with E-state index in [1.165, 1.54) is 12.1 Å². The molecule has 1 fully saturated rings. The van der Waals surface area contributed by atoms with E-state index in [0.717, 1.165) is 18.6 Å². The Morgan fingerprint density at radius 1 is 1.30 bits per heavy atom. The summed E-state index contributed by atoms with van der Waals surface area (Å²) in [6.07, 6.45) is -4.77. The quantitative estimate of drug-likeness (QED) is 0.573. The van der Waals surface area contributed by atoms with Crippen molar-refractivity contribution < 1.29 is 22.7 Å². The van der Waals surface area contributed by atoms with Gasteiger partial charge in [0, 0.05) is 11.7 Å². The van der Waals surface area contributed by atoms with Crippen LogP contribution in [0.25, 0.3) is 0 Å². The number of nitrogens with one attached hydrogen (secondary N) is 4. The first-order valence-corrected chi connectivity index (χ1v) is 6.92. The second-order valence-electron chi connectivity index (χ2n) is 5.18. The largest absolute Gasteiger partial charge is 0.573 e. The van der Waals surface area contributed by atoms with Crippen LogP contribution >= 0.6 is 0 Å². The highest BCUT2D eigenvalue weighted by molar-refractivity contribution is 5.89. The lowest BCUT2D eigenvalue weighted by Crippen LogP contribution is -2.66.